The summed E-state index contributed by atoms with van der Waals surface area (Å²) in [7, 11) is 0. The highest BCUT2D eigenvalue weighted by Crippen LogP contribution is 2.17. The second-order valence-electron chi connectivity index (χ2n) is 4.33. The van der Waals surface area contributed by atoms with Crippen molar-refractivity contribution in [3.8, 4) is 11.5 Å². The highest BCUT2D eigenvalue weighted by molar-refractivity contribution is 5.31. The van der Waals surface area contributed by atoms with Crippen molar-refractivity contribution in [2.24, 2.45) is 0 Å². The van der Waals surface area contributed by atoms with Crippen LogP contribution >= 0.6 is 0 Å². The van der Waals surface area contributed by atoms with E-state index in [4.69, 9.17) is 14.6 Å². The minimum absolute atomic E-state index is 0.192. The van der Waals surface area contributed by atoms with Crippen LogP contribution in [0.1, 0.15) is 20.3 Å². The van der Waals surface area contributed by atoms with Crippen LogP contribution in [0.3, 0.4) is 0 Å². The molecule has 4 nitrogen and oxygen atoms in total. The lowest BCUT2D eigenvalue weighted by molar-refractivity contribution is 0.174. The number of likely N-dealkylation sites (N-methyl/N-ethyl adjacent to an activating group) is 1. The van der Waals surface area contributed by atoms with Crippen LogP contribution in [0, 0.1) is 0 Å². The van der Waals surface area contributed by atoms with E-state index in [0.29, 0.717) is 13.2 Å². The van der Waals surface area contributed by atoms with Crippen LogP contribution in [-0.2, 0) is 0 Å². The highest BCUT2D eigenvalue weighted by atomic mass is 16.5. The number of hydrogen-bond acceptors (Lipinski definition) is 4. The third-order valence-corrected chi connectivity index (χ3v) is 2.84. The first kappa shape index (κ1) is 15.8. The Bertz CT molecular complexity index is 327. The topological polar surface area (TPSA) is 41.9 Å². The molecular formula is C15H25NO3. The largest absolute Gasteiger partial charge is 0.494 e. The Kier molecular flexibility index (Phi) is 8.02. The molecule has 1 aromatic carbocycles. The molecule has 1 N–H and O–H groups in total. The Morgan fingerprint density at radius 3 is 2.00 bits per heavy atom. The molecule has 1 aromatic rings. The van der Waals surface area contributed by atoms with Crippen molar-refractivity contribution in [1.82, 2.24) is 4.90 Å². The molecule has 0 aliphatic carbocycles. The van der Waals surface area contributed by atoms with Gasteiger partial charge in [-0.05, 0) is 37.2 Å². The molecule has 0 unspecified atom stereocenters. The van der Waals surface area contributed by atoms with Crippen molar-refractivity contribution in [3.63, 3.8) is 0 Å². The summed E-state index contributed by atoms with van der Waals surface area (Å²) in [5, 5.41) is 8.89. The van der Waals surface area contributed by atoms with Crippen LogP contribution in [0.25, 0.3) is 0 Å². The zero-order chi connectivity index (χ0) is 13.9. The van der Waals surface area contributed by atoms with Crippen LogP contribution in [0.2, 0.25) is 0 Å². The zero-order valence-electron chi connectivity index (χ0n) is 12.0. The molecule has 19 heavy (non-hydrogen) atoms. The van der Waals surface area contributed by atoms with Crippen molar-refractivity contribution in [2.45, 2.75) is 20.3 Å². The molecule has 108 valence electrons. The predicted octanol–water partition coefficient (Wildman–Crippen LogP) is 2.17. The van der Waals surface area contributed by atoms with Gasteiger partial charge in [-0.2, -0.15) is 0 Å². The maximum absolute atomic E-state index is 8.89. The first-order valence-corrected chi connectivity index (χ1v) is 6.99. The van der Waals surface area contributed by atoms with Crippen LogP contribution in [0.15, 0.2) is 24.3 Å². The Labute approximate surface area is 115 Å². The fourth-order valence-corrected chi connectivity index (χ4v) is 1.71. The maximum Gasteiger partial charge on any atom is 0.119 e. The van der Waals surface area contributed by atoms with Crippen LogP contribution in [-0.4, -0.2) is 49.5 Å². The van der Waals surface area contributed by atoms with Crippen molar-refractivity contribution in [2.75, 3.05) is 39.5 Å². The van der Waals surface area contributed by atoms with Gasteiger partial charge in [0.15, 0.2) is 0 Å². The lowest BCUT2D eigenvalue weighted by Gasteiger charge is -2.19. The first-order valence-electron chi connectivity index (χ1n) is 6.99. The Balaban J connectivity index is 2.29. The number of ether oxygens (including phenoxy) is 2. The fourth-order valence-electron chi connectivity index (χ4n) is 1.71. The Morgan fingerprint density at radius 1 is 0.947 bits per heavy atom. The van der Waals surface area contributed by atoms with E-state index < -0.39 is 0 Å². The van der Waals surface area contributed by atoms with E-state index in [9.17, 15) is 0 Å². The molecule has 0 aromatic heterocycles. The standard InChI is InChI=1S/C15H25NO3/c1-3-12-18-14-5-7-15(8-6-14)19-13-10-16(4-2)9-11-17/h5-8,17H,3-4,9-13H2,1-2H3. The number of aliphatic hydroxyl groups is 1. The average molecular weight is 267 g/mol. The quantitative estimate of drug-likeness (QED) is 0.705. The van der Waals surface area contributed by atoms with Crippen LogP contribution in [0.5, 0.6) is 11.5 Å². The van der Waals surface area contributed by atoms with Gasteiger partial charge in [-0.3, -0.25) is 4.90 Å². The van der Waals surface area contributed by atoms with Crippen molar-refractivity contribution < 1.29 is 14.6 Å². The van der Waals surface area contributed by atoms with E-state index >= 15 is 0 Å². The number of benzene rings is 1. The number of rotatable bonds is 10. The molecule has 0 heterocycles. The smallest absolute Gasteiger partial charge is 0.119 e. The minimum atomic E-state index is 0.192. The summed E-state index contributed by atoms with van der Waals surface area (Å²) in [5.41, 5.74) is 0. The Morgan fingerprint density at radius 2 is 1.53 bits per heavy atom. The molecule has 0 saturated heterocycles. The third kappa shape index (κ3) is 6.45. The van der Waals surface area contributed by atoms with Gasteiger partial charge in [0.1, 0.15) is 18.1 Å². The van der Waals surface area contributed by atoms with Crippen molar-refractivity contribution >= 4 is 0 Å². The maximum atomic E-state index is 8.89. The molecule has 0 spiro atoms. The van der Waals surface area contributed by atoms with E-state index in [1.165, 1.54) is 0 Å². The summed E-state index contributed by atoms with van der Waals surface area (Å²) >= 11 is 0. The number of nitrogens with zero attached hydrogens (tertiary/aromatic N) is 1. The minimum Gasteiger partial charge on any atom is -0.494 e. The van der Waals surface area contributed by atoms with E-state index in [1.54, 1.807) is 0 Å². The summed E-state index contributed by atoms with van der Waals surface area (Å²) in [4.78, 5) is 2.15. The molecule has 0 aliphatic rings. The summed E-state index contributed by atoms with van der Waals surface area (Å²) in [6.45, 7) is 8.18. The Hall–Kier alpha value is -1.26. The van der Waals surface area contributed by atoms with E-state index in [1.807, 2.05) is 24.3 Å². The molecule has 0 saturated carbocycles. The highest BCUT2D eigenvalue weighted by Gasteiger charge is 2.01. The summed E-state index contributed by atoms with van der Waals surface area (Å²) in [6.07, 6.45) is 1.01. The van der Waals surface area contributed by atoms with E-state index in [-0.39, 0.29) is 6.61 Å². The van der Waals surface area contributed by atoms with Gasteiger partial charge in [0, 0.05) is 13.1 Å². The van der Waals surface area contributed by atoms with Crippen molar-refractivity contribution in [1.29, 1.82) is 0 Å². The van der Waals surface area contributed by atoms with Gasteiger partial charge in [0.05, 0.1) is 13.2 Å². The molecule has 0 atom stereocenters. The SMILES string of the molecule is CCCOc1ccc(OCCN(CC)CCO)cc1. The predicted molar refractivity (Wildman–Crippen MR) is 76.9 cm³/mol. The van der Waals surface area contributed by atoms with Gasteiger partial charge in [-0.1, -0.05) is 13.8 Å². The van der Waals surface area contributed by atoms with Gasteiger partial charge in [0.2, 0.25) is 0 Å². The molecule has 1 rings (SSSR count). The van der Waals surface area contributed by atoms with Gasteiger partial charge in [-0.25, -0.2) is 0 Å². The van der Waals surface area contributed by atoms with Gasteiger partial charge >= 0.3 is 0 Å². The molecule has 0 fully saturated rings. The van der Waals surface area contributed by atoms with E-state index in [2.05, 4.69) is 18.7 Å². The van der Waals surface area contributed by atoms with Crippen LogP contribution < -0.4 is 9.47 Å². The fraction of sp³-hybridized carbons (Fsp3) is 0.600. The molecular weight excluding hydrogens is 242 g/mol. The summed E-state index contributed by atoms with van der Waals surface area (Å²) in [5.74, 6) is 1.73. The second kappa shape index (κ2) is 9.64. The summed E-state index contributed by atoms with van der Waals surface area (Å²) < 4.78 is 11.2. The first-order chi connectivity index (χ1) is 9.30. The lowest BCUT2D eigenvalue weighted by atomic mass is 10.3. The third-order valence-electron chi connectivity index (χ3n) is 2.84. The second-order valence-corrected chi connectivity index (χ2v) is 4.33. The summed E-state index contributed by atoms with van der Waals surface area (Å²) in [6, 6.07) is 7.70. The number of aliphatic hydroxyl groups excluding tert-OH is 1. The molecule has 4 heteroatoms. The van der Waals surface area contributed by atoms with Gasteiger partial charge in [0.25, 0.3) is 0 Å². The zero-order valence-corrected chi connectivity index (χ0v) is 12.0. The average Bonchev–Trinajstić information content (AvgIpc) is 2.45. The molecule has 0 radical (unpaired) electrons. The molecule has 0 bridgehead atoms. The molecule has 0 aliphatic heterocycles. The normalized spacial score (nSPS) is 10.7. The van der Waals surface area contributed by atoms with Crippen molar-refractivity contribution in [3.05, 3.63) is 24.3 Å². The number of hydrogen-bond donors (Lipinski definition) is 1. The van der Waals surface area contributed by atoms with Gasteiger partial charge in [-0.15, -0.1) is 0 Å². The molecule has 0 amide bonds. The monoisotopic (exact) mass is 267 g/mol. The van der Waals surface area contributed by atoms with E-state index in [0.717, 1.165) is 37.6 Å². The van der Waals surface area contributed by atoms with Crippen LogP contribution in [0.4, 0.5) is 0 Å². The lowest BCUT2D eigenvalue weighted by Crippen LogP contribution is -2.30. The van der Waals surface area contributed by atoms with Gasteiger partial charge < -0.3 is 14.6 Å².